The molecule has 3 amide bonds. The minimum atomic E-state index is -0.784. The van der Waals surface area contributed by atoms with E-state index in [2.05, 4.69) is 21.0 Å². The smallest absolute Gasteiger partial charge is 0.321 e. The van der Waals surface area contributed by atoms with Gasteiger partial charge in [0.1, 0.15) is 23.5 Å². The minimum Gasteiger partial charge on any atom is -0.357 e. The minimum absolute atomic E-state index is 0.154. The number of aromatic nitrogens is 2. The van der Waals surface area contributed by atoms with Crippen LogP contribution in [0.25, 0.3) is 5.69 Å². The van der Waals surface area contributed by atoms with Crippen molar-refractivity contribution in [3.8, 4) is 11.8 Å². The fourth-order valence-corrected chi connectivity index (χ4v) is 2.88. The van der Waals surface area contributed by atoms with Gasteiger partial charge in [-0.25, -0.2) is 13.9 Å². The quantitative estimate of drug-likeness (QED) is 0.583. The summed E-state index contributed by atoms with van der Waals surface area (Å²) in [5.74, 6) is -0.818. The Morgan fingerprint density at radius 1 is 1.17 bits per heavy atom. The lowest BCUT2D eigenvalue weighted by Crippen LogP contribution is -2.48. The molecule has 3 N–H and O–H groups in total. The molecule has 8 nitrogen and oxygen atoms in total. The fraction of sp³-hybridized carbons (Fsp3) is 0.143. The Labute approximate surface area is 172 Å². The summed E-state index contributed by atoms with van der Waals surface area (Å²) in [4.78, 5) is 24.5. The number of hydrogen-bond donors (Lipinski definition) is 3. The zero-order chi connectivity index (χ0) is 21.5. The van der Waals surface area contributed by atoms with Gasteiger partial charge in [-0.05, 0) is 17.7 Å². The number of amides is 3. The van der Waals surface area contributed by atoms with Gasteiger partial charge < -0.3 is 10.6 Å². The number of carbonyl (C=O) groups excluding carboxylic acids is 2. The lowest BCUT2D eigenvalue weighted by Gasteiger charge is -2.17. The van der Waals surface area contributed by atoms with Gasteiger partial charge in [0.25, 0.3) is 0 Å². The molecule has 9 heteroatoms. The van der Waals surface area contributed by atoms with E-state index in [1.54, 1.807) is 12.1 Å². The fourth-order valence-electron chi connectivity index (χ4n) is 2.88. The zero-order valence-corrected chi connectivity index (χ0v) is 16.1. The molecule has 0 spiro atoms. The Kier molecular flexibility index (Phi) is 6.39. The SMILES string of the molecule is CNC(=O)C(Cc1ccccc1)NC(=O)Nc1ccn(-c2cccc(F)c2C#N)n1. The van der Waals surface area contributed by atoms with Crippen molar-refractivity contribution in [2.75, 3.05) is 12.4 Å². The molecule has 0 fully saturated rings. The topological polar surface area (TPSA) is 112 Å². The summed E-state index contributed by atoms with van der Waals surface area (Å²) in [5.41, 5.74) is 0.989. The Morgan fingerprint density at radius 3 is 2.63 bits per heavy atom. The van der Waals surface area contributed by atoms with E-state index in [1.807, 2.05) is 30.3 Å². The lowest BCUT2D eigenvalue weighted by molar-refractivity contribution is -0.122. The highest BCUT2D eigenvalue weighted by Crippen LogP contribution is 2.18. The standard InChI is InChI=1S/C21H19FN6O2/c1-24-20(29)17(12-14-6-3-2-4-7-14)25-21(30)26-19-10-11-28(27-19)18-9-5-8-16(22)15(18)13-23/h2-11,17H,12H2,1H3,(H,24,29)(H2,25,26,27,30). The van der Waals surface area contributed by atoms with Crippen LogP contribution in [0.2, 0.25) is 0 Å². The molecule has 2 aromatic carbocycles. The molecule has 1 heterocycles. The van der Waals surface area contributed by atoms with Gasteiger partial charge >= 0.3 is 6.03 Å². The molecule has 3 aromatic rings. The number of halogens is 1. The summed E-state index contributed by atoms with van der Waals surface area (Å²) in [6.45, 7) is 0. The van der Waals surface area contributed by atoms with Gasteiger partial charge in [0.05, 0.1) is 5.69 Å². The highest BCUT2D eigenvalue weighted by molar-refractivity contribution is 5.93. The number of nitrogens with zero attached hydrogens (tertiary/aromatic N) is 3. The van der Waals surface area contributed by atoms with Crippen LogP contribution in [0.15, 0.2) is 60.8 Å². The van der Waals surface area contributed by atoms with E-state index < -0.39 is 17.9 Å². The molecule has 1 aromatic heterocycles. The summed E-state index contributed by atoms with van der Waals surface area (Å²) >= 11 is 0. The first-order valence-corrected chi connectivity index (χ1v) is 9.09. The Morgan fingerprint density at radius 2 is 1.93 bits per heavy atom. The predicted octanol–water partition coefficient (Wildman–Crippen LogP) is 2.36. The molecule has 0 saturated carbocycles. The average molecular weight is 406 g/mol. The third-order valence-corrected chi connectivity index (χ3v) is 4.33. The molecule has 0 radical (unpaired) electrons. The molecule has 1 unspecified atom stereocenters. The number of nitrogens with one attached hydrogen (secondary N) is 3. The summed E-state index contributed by atoms with van der Waals surface area (Å²) < 4.78 is 15.1. The van der Waals surface area contributed by atoms with Crippen LogP contribution in [0.1, 0.15) is 11.1 Å². The van der Waals surface area contributed by atoms with Crippen LogP contribution in [0.3, 0.4) is 0 Å². The van der Waals surface area contributed by atoms with Crippen molar-refractivity contribution < 1.29 is 14.0 Å². The summed E-state index contributed by atoms with van der Waals surface area (Å²) in [6, 6.07) is 15.4. The van der Waals surface area contributed by atoms with Crippen molar-refractivity contribution in [2.24, 2.45) is 0 Å². The number of rotatable bonds is 6. The maximum atomic E-state index is 13.8. The number of carbonyl (C=O) groups is 2. The summed E-state index contributed by atoms with van der Waals surface area (Å²) in [5, 5.41) is 21.0. The lowest BCUT2D eigenvalue weighted by atomic mass is 10.1. The number of nitriles is 1. The van der Waals surface area contributed by atoms with Gasteiger partial charge in [0, 0.05) is 25.7 Å². The van der Waals surface area contributed by atoms with Crippen LogP contribution < -0.4 is 16.0 Å². The predicted molar refractivity (Wildman–Crippen MR) is 108 cm³/mol. The second kappa shape index (κ2) is 9.34. The van der Waals surface area contributed by atoms with Crippen LogP contribution in [0.5, 0.6) is 0 Å². The molecule has 0 bridgehead atoms. The van der Waals surface area contributed by atoms with Crippen molar-refractivity contribution >= 4 is 17.8 Å². The molecule has 0 aliphatic heterocycles. The van der Waals surface area contributed by atoms with E-state index in [1.165, 1.54) is 36.1 Å². The maximum absolute atomic E-state index is 13.8. The van der Waals surface area contributed by atoms with Crippen molar-refractivity contribution in [1.82, 2.24) is 20.4 Å². The third-order valence-electron chi connectivity index (χ3n) is 4.33. The van der Waals surface area contributed by atoms with E-state index in [-0.39, 0.29) is 23.0 Å². The Hall–Kier alpha value is -4.19. The molecule has 1 atom stereocenters. The van der Waals surface area contributed by atoms with Crippen LogP contribution in [-0.2, 0) is 11.2 Å². The van der Waals surface area contributed by atoms with Gasteiger partial charge in [-0.2, -0.15) is 5.26 Å². The van der Waals surface area contributed by atoms with Crippen molar-refractivity contribution in [3.05, 3.63) is 77.7 Å². The Bertz CT molecular complexity index is 1090. The first-order chi connectivity index (χ1) is 14.5. The van der Waals surface area contributed by atoms with Crippen LogP contribution in [0, 0.1) is 17.1 Å². The number of urea groups is 1. The molecule has 0 aliphatic rings. The number of likely N-dealkylation sites (N-methyl/N-ethyl adjacent to an activating group) is 1. The van der Waals surface area contributed by atoms with E-state index in [4.69, 9.17) is 5.26 Å². The summed E-state index contributed by atoms with van der Waals surface area (Å²) in [6.07, 6.45) is 1.81. The highest BCUT2D eigenvalue weighted by atomic mass is 19.1. The van der Waals surface area contributed by atoms with Crippen LogP contribution in [0.4, 0.5) is 15.0 Å². The first-order valence-electron chi connectivity index (χ1n) is 9.09. The van der Waals surface area contributed by atoms with Crippen molar-refractivity contribution in [3.63, 3.8) is 0 Å². The number of hydrogen-bond acceptors (Lipinski definition) is 4. The molecule has 30 heavy (non-hydrogen) atoms. The normalized spacial score (nSPS) is 11.2. The number of benzene rings is 2. The van der Waals surface area contributed by atoms with Crippen LogP contribution in [-0.4, -0.2) is 34.8 Å². The van der Waals surface area contributed by atoms with Gasteiger partial charge in [-0.3, -0.25) is 10.1 Å². The van der Waals surface area contributed by atoms with Gasteiger partial charge in [0.15, 0.2) is 5.82 Å². The first kappa shape index (κ1) is 20.5. The number of anilines is 1. The van der Waals surface area contributed by atoms with E-state index in [9.17, 15) is 14.0 Å². The second-order valence-corrected chi connectivity index (χ2v) is 6.35. The average Bonchev–Trinajstić information content (AvgIpc) is 3.21. The second-order valence-electron chi connectivity index (χ2n) is 6.35. The van der Waals surface area contributed by atoms with Gasteiger partial charge in [-0.1, -0.05) is 36.4 Å². The third kappa shape index (κ3) is 4.80. The Balaban J connectivity index is 1.71. The van der Waals surface area contributed by atoms with Gasteiger partial charge in [0.2, 0.25) is 5.91 Å². The van der Waals surface area contributed by atoms with E-state index in [0.717, 1.165) is 5.56 Å². The zero-order valence-electron chi connectivity index (χ0n) is 16.1. The maximum Gasteiger partial charge on any atom is 0.321 e. The molecular weight excluding hydrogens is 387 g/mol. The van der Waals surface area contributed by atoms with E-state index >= 15 is 0 Å². The molecule has 152 valence electrons. The van der Waals surface area contributed by atoms with E-state index in [0.29, 0.717) is 6.42 Å². The molecule has 0 saturated heterocycles. The molecular formula is C21H19FN6O2. The van der Waals surface area contributed by atoms with Gasteiger partial charge in [-0.15, -0.1) is 5.10 Å². The highest BCUT2D eigenvalue weighted by Gasteiger charge is 2.20. The van der Waals surface area contributed by atoms with Crippen molar-refractivity contribution in [1.29, 1.82) is 5.26 Å². The monoisotopic (exact) mass is 406 g/mol. The largest absolute Gasteiger partial charge is 0.357 e. The molecule has 0 aliphatic carbocycles. The van der Waals surface area contributed by atoms with Crippen LogP contribution >= 0.6 is 0 Å². The molecule has 3 rings (SSSR count). The van der Waals surface area contributed by atoms with Crippen molar-refractivity contribution in [2.45, 2.75) is 12.5 Å². The summed E-state index contributed by atoms with van der Waals surface area (Å²) in [7, 11) is 1.49.